The zero-order chi connectivity index (χ0) is 9.84. The molecule has 0 bridgehead atoms. The van der Waals surface area contributed by atoms with Gasteiger partial charge in [0, 0.05) is 5.02 Å². The van der Waals surface area contributed by atoms with Crippen molar-refractivity contribution in [1.29, 1.82) is 0 Å². The molecular weight excluding hydrogens is 214 g/mol. The fourth-order valence-electron chi connectivity index (χ4n) is 0.757. The van der Waals surface area contributed by atoms with E-state index in [2.05, 4.69) is 4.99 Å². The molecule has 0 aliphatic carbocycles. The first kappa shape index (κ1) is 10.3. The van der Waals surface area contributed by atoms with Gasteiger partial charge in [0.1, 0.15) is 17.3 Å². The molecule has 1 aromatic carbocycles. The largest absolute Gasteiger partial charge is 0.386 e. The number of nitrogens with zero attached hydrogens (tertiary/aromatic N) is 1. The first-order valence-electron chi connectivity index (χ1n) is 3.47. The van der Waals surface area contributed by atoms with Crippen LogP contribution in [0.5, 0.6) is 0 Å². The van der Waals surface area contributed by atoms with Crippen molar-refractivity contribution in [1.82, 2.24) is 0 Å². The predicted molar refractivity (Wildman–Crippen MR) is 53.4 cm³/mol. The normalized spacial score (nSPS) is 11.8. The van der Waals surface area contributed by atoms with Crippen LogP contribution in [-0.4, -0.2) is 11.7 Å². The minimum absolute atomic E-state index is 0.0715. The van der Waals surface area contributed by atoms with Crippen LogP contribution in [0.2, 0.25) is 5.02 Å². The number of rotatable bonds is 2. The molecule has 1 aromatic rings. The summed E-state index contributed by atoms with van der Waals surface area (Å²) in [5.74, 6) is -0.273. The van der Waals surface area contributed by atoms with Crippen LogP contribution in [0.25, 0.3) is 0 Å². The van der Waals surface area contributed by atoms with E-state index in [4.69, 9.17) is 28.9 Å². The first-order chi connectivity index (χ1) is 6.13. The van der Waals surface area contributed by atoms with Crippen LogP contribution in [0.1, 0.15) is 0 Å². The number of alkyl halides is 1. The third-order valence-corrected chi connectivity index (χ3v) is 1.82. The molecule has 0 atom stereocenters. The van der Waals surface area contributed by atoms with Gasteiger partial charge < -0.3 is 5.73 Å². The summed E-state index contributed by atoms with van der Waals surface area (Å²) in [6.07, 6.45) is 0. The molecule has 0 saturated carbocycles. The van der Waals surface area contributed by atoms with Crippen LogP contribution >= 0.6 is 23.2 Å². The van der Waals surface area contributed by atoms with Crippen molar-refractivity contribution in [3.8, 4) is 0 Å². The lowest BCUT2D eigenvalue weighted by atomic mass is 10.3. The van der Waals surface area contributed by atoms with Crippen LogP contribution in [0, 0.1) is 5.82 Å². The van der Waals surface area contributed by atoms with Gasteiger partial charge in [-0.2, -0.15) is 0 Å². The summed E-state index contributed by atoms with van der Waals surface area (Å²) >= 11 is 10.9. The van der Waals surface area contributed by atoms with E-state index in [9.17, 15) is 4.39 Å². The molecule has 0 amide bonds. The molecule has 0 unspecified atom stereocenters. The maximum atomic E-state index is 13.1. The van der Waals surface area contributed by atoms with Crippen molar-refractivity contribution in [2.75, 3.05) is 5.88 Å². The Balaban J connectivity index is 3.03. The molecule has 5 heteroatoms. The number of benzene rings is 1. The highest BCUT2D eigenvalue weighted by Crippen LogP contribution is 2.21. The third-order valence-electron chi connectivity index (χ3n) is 1.31. The number of amidine groups is 1. The Morgan fingerprint density at radius 3 is 2.77 bits per heavy atom. The SMILES string of the molecule is NC(CCl)=Nc1ccc(Cl)cc1F. The molecule has 0 radical (unpaired) electrons. The summed E-state index contributed by atoms with van der Waals surface area (Å²) in [5, 5.41) is 0.320. The second kappa shape index (κ2) is 4.44. The molecule has 1 rings (SSSR count). The third kappa shape index (κ3) is 2.86. The highest BCUT2D eigenvalue weighted by molar-refractivity contribution is 6.30. The summed E-state index contributed by atoms with van der Waals surface area (Å²) in [6.45, 7) is 0. The van der Waals surface area contributed by atoms with Crippen molar-refractivity contribution >= 4 is 34.7 Å². The number of hydrogen-bond acceptors (Lipinski definition) is 1. The Bertz CT molecular complexity index is 339. The minimum atomic E-state index is -0.513. The molecule has 0 spiro atoms. The van der Waals surface area contributed by atoms with Gasteiger partial charge in [-0.05, 0) is 18.2 Å². The lowest BCUT2D eigenvalue weighted by Crippen LogP contribution is -2.12. The van der Waals surface area contributed by atoms with Crippen molar-refractivity contribution in [3.63, 3.8) is 0 Å². The molecule has 0 aliphatic rings. The number of hydrogen-bond donors (Lipinski definition) is 1. The molecule has 2 nitrogen and oxygen atoms in total. The van der Waals surface area contributed by atoms with Gasteiger partial charge in [0.25, 0.3) is 0 Å². The van der Waals surface area contributed by atoms with Gasteiger partial charge in [-0.1, -0.05) is 11.6 Å². The quantitative estimate of drug-likeness (QED) is 0.465. The van der Waals surface area contributed by atoms with Gasteiger partial charge in [-0.25, -0.2) is 9.38 Å². The summed E-state index contributed by atoms with van der Waals surface area (Å²) in [5.41, 5.74) is 5.47. The smallest absolute Gasteiger partial charge is 0.150 e. The van der Waals surface area contributed by atoms with Gasteiger partial charge in [-0.3, -0.25) is 0 Å². The van der Waals surface area contributed by atoms with Crippen LogP contribution in [-0.2, 0) is 0 Å². The second-order valence-electron chi connectivity index (χ2n) is 2.33. The zero-order valence-electron chi connectivity index (χ0n) is 6.60. The Morgan fingerprint density at radius 1 is 1.54 bits per heavy atom. The molecule has 0 saturated heterocycles. The van der Waals surface area contributed by atoms with E-state index in [0.717, 1.165) is 0 Å². The van der Waals surface area contributed by atoms with E-state index in [1.165, 1.54) is 18.2 Å². The van der Waals surface area contributed by atoms with E-state index in [1.807, 2.05) is 0 Å². The Kier molecular flexibility index (Phi) is 3.51. The van der Waals surface area contributed by atoms with Crippen molar-refractivity contribution in [2.24, 2.45) is 10.7 Å². The maximum absolute atomic E-state index is 13.1. The van der Waals surface area contributed by atoms with E-state index < -0.39 is 5.82 Å². The van der Waals surface area contributed by atoms with Crippen molar-refractivity contribution in [2.45, 2.75) is 0 Å². The topological polar surface area (TPSA) is 38.4 Å². The zero-order valence-corrected chi connectivity index (χ0v) is 8.11. The highest BCUT2D eigenvalue weighted by Gasteiger charge is 2.01. The molecule has 13 heavy (non-hydrogen) atoms. The molecule has 70 valence electrons. The van der Waals surface area contributed by atoms with Gasteiger partial charge in [0.15, 0.2) is 0 Å². The van der Waals surface area contributed by atoms with Crippen LogP contribution in [0.15, 0.2) is 23.2 Å². The van der Waals surface area contributed by atoms with E-state index >= 15 is 0 Å². The Hall–Kier alpha value is -0.800. The molecule has 0 aliphatic heterocycles. The fourth-order valence-corrected chi connectivity index (χ4v) is 0.975. The van der Waals surface area contributed by atoms with Gasteiger partial charge in [-0.15, -0.1) is 11.6 Å². The van der Waals surface area contributed by atoms with Crippen LogP contribution in [0.4, 0.5) is 10.1 Å². The van der Waals surface area contributed by atoms with Crippen molar-refractivity contribution < 1.29 is 4.39 Å². The predicted octanol–water partition coefficient (Wildman–Crippen LogP) is 2.71. The standard InChI is InChI=1S/C8H7Cl2FN2/c9-4-8(12)13-7-2-1-5(10)3-6(7)11/h1-3H,4H2,(H2,12,13). The number of halogens is 3. The first-order valence-corrected chi connectivity index (χ1v) is 4.39. The molecule has 2 N–H and O–H groups in total. The second-order valence-corrected chi connectivity index (χ2v) is 3.04. The van der Waals surface area contributed by atoms with Gasteiger partial charge in [0.05, 0.1) is 5.88 Å². The summed E-state index contributed by atoms with van der Waals surface area (Å²) in [7, 11) is 0. The van der Waals surface area contributed by atoms with E-state index in [1.54, 1.807) is 0 Å². The summed E-state index contributed by atoms with van der Waals surface area (Å²) in [4.78, 5) is 3.75. The lowest BCUT2D eigenvalue weighted by molar-refractivity contribution is 0.630. The van der Waals surface area contributed by atoms with Crippen molar-refractivity contribution in [3.05, 3.63) is 29.0 Å². The minimum Gasteiger partial charge on any atom is -0.386 e. The van der Waals surface area contributed by atoms with Gasteiger partial charge in [0.2, 0.25) is 0 Å². The molecule has 0 heterocycles. The molecule has 0 fully saturated rings. The summed E-state index contributed by atoms with van der Waals surface area (Å²) in [6, 6.07) is 4.14. The highest BCUT2D eigenvalue weighted by atomic mass is 35.5. The van der Waals surface area contributed by atoms with Crippen LogP contribution in [0.3, 0.4) is 0 Å². The number of aliphatic imine (C=N–C) groups is 1. The average molecular weight is 221 g/mol. The maximum Gasteiger partial charge on any atom is 0.150 e. The van der Waals surface area contributed by atoms with E-state index in [0.29, 0.717) is 5.02 Å². The monoisotopic (exact) mass is 220 g/mol. The molecular formula is C8H7Cl2FN2. The van der Waals surface area contributed by atoms with Gasteiger partial charge >= 0.3 is 0 Å². The Morgan fingerprint density at radius 2 is 2.23 bits per heavy atom. The average Bonchev–Trinajstić information content (AvgIpc) is 2.09. The Labute approximate surface area is 85.2 Å². The van der Waals surface area contributed by atoms with Crippen LogP contribution < -0.4 is 5.73 Å². The fraction of sp³-hybridized carbons (Fsp3) is 0.125. The number of nitrogens with two attached hydrogens (primary N) is 1. The lowest BCUT2D eigenvalue weighted by Gasteiger charge is -1.98. The summed E-state index contributed by atoms with van der Waals surface area (Å²) < 4.78 is 13.1. The van der Waals surface area contributed by atoms with E-state index in [-0.39, 0.29) is 17.4 Å². The molecule has 0 aromatic heterocycles.